The molecule has 0 aromatic carbocycles. The molecular formula is C48H88NO12P. The maximum absolute atomic E-state index is 12.8. The summed E-state index contributed by atoms with van der Waals surface area (Å²) in [5.74, 6) is -1.34. The molecule has 3 N–H and O–H groups in total. The molecule has 0 amide bonds. The Hall–Kier alpha value is -1.93. The molecule has 0 bridgehead atoms. The second kappa shape index (κ2) is 36.3. The maximum atomic E-state index is 12.8. The van der Waals surface area contributed by atoms with Crippen molar-refractivity contribution in [3.8, 4) is 0 Å². The molecule has 1 rings (SSSR count). The SMILES string of the molecule is CCCCCCCC/C=C\CCCCCCCCCC(=O)O[C@H](COC(=O)CCC/C=C\C[C@H]1[C@@H](O)CC(O)O[C@@H]1/C=C/[C@@H](O)CCCCC)COP(=O)([O-])OCC[N+](C)(C)C. The van der Waals surface area contributed by atoms with Crippen LogP contribution in [0.25, 0.3) is 0 Å². The molecule has 0 saturated carbocycles. The number of carbonyl (C=O) groups is 2. The molecule has 13 nitrogen and oxygen atoms in total. The topological polar surface area (TPSA) is 181 Å². The van der Waals surface area contributed by atoms with Crippen molar-refractivity contribution in [2.24, 2.45) is 5.92 Å². The summed E-state index contributed by atoms with van der Waals surface area (Å²) in [7, 11) is 1.01. The lowest BCUT2D eigenvalue weighted by molar-refractivity contribution is -0.870. The third kappa shape index (κ3) is 33.6. The number of ether oxygens (including phenoxy) is 3. The number of unbranched alkanes of at least 4 members (excludes halogenated alkanes) is 16. The molecule has 1 heterocycles. The van der Waals surface area contributed by atoms with Crippen LogP contribution in [-0.4, -0.2) is 110 Å². The van der Waals surface area contributed by atoms with E-state index in [2.05, 4.69) is 26.0 Å². The van der Waals surface area contributed by atoms with E-state index < -0.39 is 57.1 Å². The average Bonchev–Trinajstić information content (AvgIpc) is 3.20. The molecule has 62 heavy (non-hydrogen) atoms. The lowest BCUT2D eigenvalue weighted by Crippen LogP contribution is -2.43. The lowest BCUT2D eigenvalue weighted by atomic mass is 9.87. The maximum Gasteiger partial charge on any atom is 0.306 e. The van der Waals surface area contributed by atoms with E-state index >= 15 is 0 Å². The van der Waals surface area contributed by atoms with Crippen molar-refractivity contribution in [3.05, 3.63) is 36.5 Å². The third-order valence-corrected chi connectivity index (χ3v) is 11.9. The third-order valence-electron chi connectivity index (χ3n) is 10.9. The van der Waals surface area contributed by atoms with Crippen LogP contribution in [0.5, 0.6) is 0 Å². The summed E-state index contributed by atoms with van der Waals surface area (Å²) < 4.78 is 39.6. The van der Waals surface area contributed by atoms with Gasteiger partial charge in [0.25, 0.3) is 7.82 Å². The normalized spacial score (nSPS) is 20.5. The minimum atomic E-state index is -4.70. The number of rotatable bonds is 39. The number of quaternary nitrogens is 1. The van der Waals surface area contributed by atoms with Gasteiger partial charge in [0.15, 0.2) is 12.4 Å². The van der Waals surface area contributed by atoms with Crippen molar-refractivity contribution in [2.45, 2.75) is 205 Å². The Balaban J connectivity index is 2.49. The number of likely N-dealkylation sites (N-methyl/N-ethyl adjacent to an activating group) is 1. The van der Waals surface area contributed by atoms with Crippen molar-refractivity contribution in [3.63, 3.8) is 0 Å². The van der Waals surface area contributed by atoms with Gasteiger partial charge in [0.05, 0.1) is 46.1 Å². The monoisotopic (exact) mass is 902 g/mol. The molecule has 362 valence electrons. The Kier molecular flexibility index (Phi) is 34.0. The fourth-order valence-electron chi connectivity index (χ4n) is 7.04. The quantitative estimate of drug-likeness (QED) is 0.0175. The Morgan fingerprint density at radius 3 is 1.97 bits per heavy atom. The van der Waals surface area contributed by atoms with Crippen molar-refractivity contribution in [1.82, 2.24) is 0 Å². The van der Waals surface area contributed by atoms with Gasteiger partial charge in [0, 0.05) is 25.2 Å². The average molecular weight is 902 g/mol. The van der Waals surface area contributed by atoms with E-state index in [4.69, 9.17) is 23.3 Å². The molecule has 1 aliphatic heterocycles. The number of phosphoric ester groups is 1. The Bertz CT molecular complexity index is 1270. The second-order valence-corrected chi connectivity index (χ2v) is 19.4. The smallest absolute Gasteiger partial charge is 0.306 e. The van der Waals surface area contributed by atoms with E-state index in [0.717, 1.165) is 44.9 Å². The van der Waals surface area contributed by atoms with Gasteiger partial charge >= 0.3 is 11.9 Å². The number of nitrogens with zero attached hydrogens (tertiary/aromatic N) is 1. The van der Waals surface area contributed by atoms with Crippen LogP contribution >= 0.6 is 7.82 Å². The highest BCUT2D eigenvalue weighted by atomic mass is 31.2. The van der Waals surface area contributed by atoms with Gasteiger partial charge in [-0.15, -0.1) is 0 Å². The molecule has 0 spiro atoms. The first-order chi connectivity index (χ1) is 29.7. The molecule has 0 aromatic heterocycles. The molecule has 0 aromatic rings. The van der Waals surface area contributed by atoms with Crippen molar-refractivity contribution in [2.75, 3.05) is 47.5 Å². The fraction of sp³-hybridized carbons (Fsp3) is 0.833. The zero-order valence-electron chi connectivity index (χ0n) is 39.3. The molecule has 7 atom stereocenters. The van der Waals surface area contributed by atoms with Crippen LogP contribution in [0.3, 0.4) is 0 Å². The van der Waals surface area contributed by atoms with Gasteiger partial charge in [0.2, 0.25) is 0 Å². The van der Waals surface area contributed by atoms with Crippen molar-refractivity contribution in [1.29, 1.82) is 0 Å². The van der Waals surface area contributed by atoms with Gasteiger partial charge in [-0.05, 0) is 57.8 Å². The summed E-state index contributed by atoms with van der Waals surface area (Å²) in [5.41, 5.74) is 0. The summed E-state index contributed by atoms with van der Waals surface area (Å²) in [4.78, 5) is 37.9. The number of phosphoric acid groups is 1. The first-order valence-corrected chi connectivity index (χ1v) is 25.6. The molecule has 1 saturated heterocycles. The van der Waals surface area contributed by atoms with Gasteiger partial charge in [-0.2, -0.15) is 0 Å². The van der Waals surface area contributed by atoms with Crippen LogP contribution in [0.4, 0.5) is 0 Å². The van der Waals surface area contributed by atoms with Crippen LogP contribution in [-0.2, 0) is 37.4 Å². The number of allylic oxidation sites excluding steroid dienone is 4. The molecule has 2 unspecified atom stereocenters. The summed E-state index contributed by atoms with van der Waals surface area (Å²) in [5, 5.41) is 31.0. The zero-order chi connectivity index (χ0) is 45.9. The van der Waals surface area contributed by atoms with Gasteiger partial charge in [0.1, 0.15) is 19.8 Å². The van der Waals surface area contributed by atoms with Gasteiger partial charge in [-0.1, -0.05) is 134 Å². The van der Waals surface area contributed by atoms with Gasteiger partial charge < -0.3 is 48.0 Å². The van der Waals surface area contributed by atoms with Crippen molar-refractivity contribution >= 4 is 19.8 Å². The van der Waals surface area contributed by atoms with E-state index in [1.54, 1.807) is 12.2 Å². The number of carbonyl (C=O) groups excluding carboxylic acids is 2. The number of hydrogen-bond acceptors (Lipinski definition) is 12. The number of aliphatic hydroxyl groups is 3. The molecule has 1 fully saturated rings. The van der Waals surface area contributed by atoms with Crippen LogP contribution in [0.15, 0.2) is 36.5 Å². The molecule has 14 heteroatoms. The number of esters is 2. The molecule has 0 aliphatic carbocycles. The van der Waals surface area contributed by atoms with Crippen LogP contribution in [0, 0.1) is 5.92 Å². The summed E-state index contributed by atoms with van der Waals surface area (Å²) in [6, 6.07) is 0. The number of hydrogen-bond donors (Lipinski definition) is 3. The molecular weight excluding hydrogens is 813 g/mol. The van der Waals surface area contributed by atoms with E-state index in [9.17, 15) is 34.4 Å². The van der Waals surface area contributed by atoms with E-state index in [-0.39, 0.29) is 38.4 Å². The molecule has 1 aliphatic rings. The van der Waals surface area contributed by atoms with Crippen LogP contribution in [0.1, 0.15) is 174 Å². The van der Waals surface area contributed by atoms with Gasteiger partial charge in [-0.25, -0.2) is 0 Å². The van der Waals surface area contributed by atoms with E-state index in [1.165, 1.54) is 64.2 Å². The Morgan fingerprint density at radius 2 is 1.32 bits per heavy atom. The van der Waals surface area contributed by atoms with E-state index in [0.29, 0.717) is 43.1 Å². The highest BCUT2D eigenvalue weighted by Crippen LogP contribution is 2.38. The summed E-state index contributed by atoms with van der Waals surface area (Å²) in [6.45, 7) is 3.80. The highest BCUT2D eigenvalue weighted by molar-refractivity contribution is 7.45. The van der Waals surface area contributed by atoms with E-state index in [1.807, 2.05) is 33.3 Å². The Labute approximate surface area is 375 Å². The van der Waals surface area contributed by atoms with Crippen LogP contribution in [0.2, 0.25) is 0 Å². The highest BCUT2D eigenvalue weighted by Gasteiger charge is 2.35. The summed E-state index contributed by atoms with van der Waals surface area (Å²) in [6.07, 6.45) is 30.7. The molecule has 0 radical (unpaired) electrons. The first-order valence-electron chi connectivity index (χ1n) is 24.1. The fourth-order valence-corrected chi connectivity index (χ4v) is 7.77. The minimum Gasteiger partial charge on any atom is -0.756 e. The first kappa shape index (κ1) is 58.1. The lowest BCUT2D eigenvalue weighted by Gasteiger charge is -2.36. The summed E-state index contributed by atoms with van der Waals surface area (Å²) >= 11 is 0. The second-order valence-electron chi connectivity index (χ2n) is 18.0. The number of aliphatic hydroxyl groups excluding tert-OH is 3. The largest absolute Gasteiger partial charge is 0.756 e. The standard InChI is InChI=1S/C48H88NO12P/c1-6-8-10-11-12-13-14-15-16-17-18-19-20-21-22-23-29-33-47(53)60-42(40-59-62(55,56)58-37-36-49(3,4)5)39-57-46(52)32-28-25-24-27-31-43-44(51)38-48(54)61-45(43)35-34-41(50)30-26-9-7-2/h15-16,24,27,34-35,41-45,48,50-51,54H,6-14,17-23,25-26,28-33,36-40H2,1-5H3/b16-15-,27-24-,35-34+/t41-,42+,43-,44-,45+,48?/m0/s1. The van der Waals surface area contributed by atoms with Crippen LogP contribution < -0.4 is 4.89 Å². The predicted octanol–water partition coefficient (Wildman–Crippen LogP) is 9.17. The zero-order valence-corrected chi connectivity index (χ0v) is 40.2. The minimum absolute atomic E-state index is 0.0758. The Morgan fingerprint density at radius 1 is 0.758 bits per heavy atom. The van der Waals surface area contributed by atoms with Gasteiger partial charge in [-0.3, -0.25) is 14.2 Å². The van der Waals surface area contributed by atoms with Crippen molar-refractivity contribution < 1.29 is 62.1 Å². The predicted molar refractivity (Wildman–Crippen MR) is 244 cm³/mol.